The summed E-state index contributed by atoms with van der Waals surface area (Å²) < 4.78 is 0. The maximum Gasteiger partial charge on any atom is 0.0884 e. The van der Waals surface area contributed by atoms with Crippen LogP contribution in [0, 0.1) is 5.92 Å². The number of nitrogens with one attached hydrogen (secondary N) is 1. The van der Waals surface area contributed by atoms with Gasteiger partial charge in [-0.25, -0.2) is 0 Å². The van der Waals surface area contributed by atoms with Crippen LogP contribution in [-0.4, -0.2) is 18.9 Å². The van der Waals surface area contributed by atoms with Crippen LogP contribution in [0.2, 0.25) is 0 Å². The van der Waals surface area contributed by atoms with Gasteiger partial charge in [0.05, 0.1) is 6.67 Å². The molecule has 1 rings (SSSR count). The lowest BCUT2D eigenvalue weighted by Crippen LogP contribution is -2.31. The highest BCUT2D eigenvalue weighted by atomic mass is 15.0. The smallest absolute Gasteiger partial charge is 0.0884 e. The summed E-state index contributed by atoms with van der Waals surface area (Å²) in [4.78, 5) is 4.22. The van der Waals surface area contributed by atoms with Crippen LogP contribution in [0.4, 0.5) is 0 Å². The van der Waals surface area contributed by atoms with E-state index >= 15 is 0 Å². The molecule has 8 heavy (non-hydrogen) atoms. The Balaban J connectivity index is 2.53. The Morgan fingerprint density at radius 3 is 2.88 bits per heavy atom. The van der Waals surface area contributed by atoms with Crippen LogP contribution in [0.5, 0.6) is 0 Å². The highest BCUT2D eigenvalue weighted by molar-refractivity contribution is 5.84. The molecule has 0 aliphatic carbocycles. The number of rotatable bonds is 0. The first-order valence-corrected chi connectivity index (χ1v) is 3.02. The lowest BCUT2D eigenvalue weighted by Gasteiger charge is -2.16. The molecule has 1 unspecified atom stereocenters. The fourth-order valence-electron chi connectivity index (χ4n) is 0.765. The minimum atomic E-state index is 0.642. The molecule has 0 aromatic heterocycles. The summed E-state index contributed by atoms with van der Waals surface area (Å²) in [5, 5.41) is 3.18. The van der Waals surface area contributed by atoms with Gasteiger partial charge in [-0.1, -0.05) is 6.92 Å². The molecule has 46 valence electrons. The second-order valence-electron chi connectivity index (χ2n) is 2.31. The highest BCUT2D eigenvalue weighted by Gasteiger charge is 2.07. The van der Waals surface area contributed by atoms with E-state index < -0.39 is 0 Å². The van der Waals surface area contributed by atoms with Crippen LogP contribution in [0.3, 0.4) is 0 Å². The summed E-state index contributed by atoms with van der Waals surface area (Å²) in [5.74, 6) is 0.642. The van der Waals surface area contributed by atoms with Crippen LogP contribution in [0.25, 0.3) is 0 Å². The molecule has 0 saturated heterocycles. The molecule has 0 amide bonds. The summed E-state index contributed by atoms with van der Waals surface area (Å²) in [7, 11) is 0. The van der Waals surface area contributed by atoms with Gasteiger partial charge in [0.15, 0.2) is 0 Å². The van der Waals surface area contributed by atoms with Gasteiger partial charge in [-0.3, -0.25) is 10.3 Å². The van der Waals surface area contributed by atoms with Gasteiger partial charge in [-0.05, 0) is 6.92 Å². The van der Waals surface area contributed by atoms with Crippen LogP contribution in [-0.2, 0) is 0 Å². The fourth-order valence-corrected chi connectivity index (χ4v) is 0.765. The molecule has 0 saturated carbocycles. The third-order valence-corrected chi connectivity index (χ3v) is 1.60. The minimum Gasteiger partial charge on any atom is -0.298 e. The third-order valence-electron chi connectivity index (χ3n) is 1.60. The van der Waals surface area contributed by atoms with Crippen molar-refractivity contribution < 1.29 is 0 Å². The first-order valence-electron chi connectivity index (χ1n) is 3.02. The first-order chi connectivity index (χ1) is 3.80. The molecule has 0 aromatic rings. The topological polar surface area (TPSA) is 24.4 Å². The summed E-state index contributed by atoms with van der Waals surface area (Å²) in [6, 6.07) is 0. The van der Waals surface area contributed by atoms with Gasteiger partial charge in [0, 0.05) is 18.2 Å². The van der Waals surface area contributed by atoms with Gasteiger partial charge in [0.25, 0.3) is 0 Å². The maximum absolute atomic E-state index is 4.22. The maximum atomic E-state index is 4.22. The lowest BCUT2D eigenvalue weighted by molar-refractivity contribution is 0.591. The van der Waals surface area contributed by atoms with E-state index in [0.717, 1.165) is 13.2 Å². The molecule has 1 aliphatic heterocycles. The van der Waals surface area contributed by atoms with E-state index in [1.54, 1.807) is 0 Å². The van der Waals surface area contributed by atoms with E-state index in [9.17, 15) is 0 Å². The molecule has 0 spiro atoms. The quantitative estimate of drug-likeness (QED) is 0.488. The predicted molar refractivity (Wildman–Crippen MR) is 35.1 cm³/mol. The summed E-state index contributed by atoms with van der Waals surface area (Å²) in [6.07, 6.45) is 0. The van der Waals surface area contributed by atoms with Crippen molar-refractivity contribution in [3.8, 4) is 0 Å². The molecule has 1 heterocycles. The van der Waals surface area contributed by atoms with Crippen molar-refractivity contribution in [2.24, 2.45) is 10.9 Å². The molecule has 0 aromatic carbocycles. The SMILES string of the molecule is CC1=NCNCC1C. The van der Waals surface area contributed by atoms with Gasteiger partial charge in [0.1, 0.15) is 0 Å². The van der Waals surface area contributed by atoms with Crippen LogP contribution >= 0.6 is 0 Å². The van der Waals surface area contributed by atoms with E-state index in [1.807, 2.05) is 0 Å². The Morgan fingerprint density at radius 1 is 1.75 bits per heavy atom. The van der Waals surface area contributed by atoms with E-state index in [2.05, 4.69) is 24.2 Å². The molecule has 0 bridgehead atoms. The lowest BCUT2D eigenvalue weighted by atomic mass is 10.1. The molecule has 0 radical (unpaired) electrons. The van der Waals surface area contributed by atoms with Crippen molar-refractivity contribution in [1.82, 2.24) is 5.32 Å². The monoisotopic (exact) mass is 112 g/mol. The first kappa shape index (κ1) is 5.76. The highest BCUT2D eigenvalue weighted by Crippen LogP contribution is 1.99. The molecule has 1 atom stereocenters. The number of nitrogens with zero attached hydrogens (tertiary/aromatic N) is 1. The van der Waals surface area contributed by atoms with Gasteiger partial charge >= 0.3 is 0 Å². The Kier molecular flexibility index (Phi) is 1.63. The summed E-state index contributed by atoms with van der Waals surface area (Å²) in [5.41, 5.74) is 1.28. The van der Waals surface area contributed by atoms with Crippen LogP contribution in [0.15, 0.2) is 4.99 Å². The van der Waals surface area contributed by atoms with Gasteiger partial charge in [-0.15, -0.1) is 0 Å². The van der Waals surface area contributed by atoms with Crippen molar-refractivity contribution in [2.75, 3.05) is 13.2 Å². The normalized spacial score (nSPS) is 29.8. The molecular weight excluding hydrogens is 100 g/mol. The van der Waals surface area contributed by atoms with E-state index in [1.165, 1.54) is 5.71 Å². The van der Waals surface area contributed by atoms with Gasteiger partial charge in [0.2, 0.25) is 0 Å². The Bertz CT molecular complexity index is 107. The van der Waals surface area contributed by atoms with Gasteiger partial charge < -0.3 is 0 Å². The average molecular weight is 112 g/mol. The standard InChI is InChI=1S/C6H12N2/c1-5-3-7-4-8-6(5)2/h5,7H,3-4H2,1-2H3. The van der Waals surface area contributed by atoms with Crippen molar-refractivity contribution >= 4 is 5.71 Å². The molecule has 2 heteroatoms. The second kappa shape index (κ2) is 2.27. The van der Waals surface area contributed by atoms with Crippen LogP contribution < -0.4 is 5.32 Å². The van der Waals surface area contributed by atoms with E-state index in [-0.39, 0.29) is 0 Å². The average Bonchev–Trinajstić information content (AvgIpc) is 1.77. The fraction of sp³-hybridized carbons (Fsp3) is 0.833. The van der Waals surface area contributed by atoms with E-state index in [0.29, 0.717) is 5.92 Å². The zero-order chi connectivity index (χ0) is 5.98. The number of hydrogen-bond acceptors (Lipinski definition) is 2. The molecule has 0 fully saturated rings. The number of aliphatic imine (C=N–C) groups is 1. The number of hydrogen-bond donors (Lipinski definition) is 1. The van der Waals surface area contributed by atoms with Crippen molar-refractivity contribution in [2.45, 2.75) is 13.8 Å². The molecule has 1 N–H and O–H groups in total. The van der Waals surface area contributed by atoms with E-state index in [4.69, 9.17) is 0 Å². The second-order valence-corrected chi connectivity index (χ2v) is 2.31. The van der Waals surface area contributed by atoms with Crippen molar-refractivity contribution in [3.05, 3.63) is 0 Å². The molecule has 1 aliphatic rings. The summed E-state index contributed by atoms with van der Waals surface area (Å²) in [6.45, 7) is 6.18. The minimum absolute atomic E-state index is 0.642. The zero-order valence-electron chi connectivity index (χ0n) is 5.44. The predicted octanol–water partition coefficient (Wildman–Crippen LogP) is 0.644. The molecule has 2 nitrogen and oxygen atoms in total. The molecular formula is C6H12N2. The Hall–Kier alpha value is -0.370. The summed E-state index contributed by atoms with van der Waals surface area (Å²) >= 11 is 0. The Labute approximate surface area is 50.0 Å². The van der Waals surface area contributed by atoms with Crippen molar-refractivity contribution in [3.63, 3.8) is 0 Å². The Morgan fingerprint density at radius 2 is 2.50 bits per heavy atom. The largest absolute Gasteiger partial charge is 0.298 e. The van der Waals surface area contributed by atoms with Crippen LogP contribution in [0.1, 0.15) is 13.8 Å². The van der Waals surface area contributed by atoms with Crippen molar-refractivity contribution in [1.29, 1.82) is 0 Å². The zero-order valence-corrected chi connectivity index (χ0v) is 5.44. The third kappa shape index (κ3) is 1.07. The van der Waals surface area contributed by atoms with Gasteiger partial charge in [-0.2, -0.15) is 0 Å².